The third kappa shape index (κ3) is 4.50. The number of fused-ring (bicyclic) bond motifs is 1. The van der Waals surface area contributed by atoms with Gasteiger partial charge in [0, 0.05) is 17.0 Å². The highest BCUT2D eigenvalue weighted by Gasteiger charge is 2.28. The van der Waals surface area contributed by atoms with Gasteiger partial charge in [0.05, 0.1) is 32.2 Å². The maximum absolute atomic E-state index is 13.4. The van der Waals surface area contributed by atoms with Crippen LogP contribution in [0.15, 0.2) is 40.8 Å². The van der Waals surface area contributed by atoms with Crippen LogP contribution >= 0.6 is 0 Å². The van der Waals surface area contributed by atoms with Crippen LogP contribution in [0.5, 0.6) is 5.75 Å². The number of rotatable bonds is 7. The van der Waals surface area contributed by atoms with Gasteiger partial charge < -0.3 is 24.7 Å². The summed E-state index contributed by atoms with van der Waals surface area (Å²) in [5.74, 6) is -1.67. The number of sulfonamides is 1. The van der Waals surface area contributed by atoms with Crippen LogP contribution in [0.1, 0.15) is 10.4 Å². The van der Waals surface area contributed by atoms with Crippen LogP contribution in [0.2, 0.25) is 0 Å². The van der Waals surface area contributed by atoms with Crippen LogP contribution in [-0.4, -0.2) is 52.1 Å². The van der Waals surface area contributed by atoms with Gasteiger partial charge in [-0.3, -0.25) is 4.31 Å². The van der Waals surface area contributed by atoms with Crippen molar-refractivity contribution in [3.63, 3.8) is 0 Å². The van der Waals surface area contributed by atoms with Gasteiger partial charge in [0.2, 0.25) is 10.0 Å². The number of carbonyl (C=O) groups excluding carboxylic acids is 2. The van der Waals surface area contributed by atoms with Crippen molar-refractivity contribution in [1.82, 2.24) is 0 Å². The summed E-state index contributed by atoms with van der Waals surface area (Å²) in [7, 11) is -2.53. The Morgan fingerprint density at radius 3 is 2.41 bits per heavy atom. The molecule has 0 radical (unpaired) electrons. The zero-order valence-corrected chi connectivity index (χ0v) is 17.8. The van der Waals surface area contributed by atoms with E-state index in [9.17, 15) is 27.5 Å². The van der Waals surface area contributed by atoms with Crippen LogP contribution < -0.4 is 14.8 Å². The molecular weight excluding hydrogens is 447 g/mol. The number of anilines is 1. The SMILES string of the molecule is COc1cc2c(C(=O)OC(N)=O)c(-c3ccc(F)cc3)oc2cc1N(CCO)S(C)(=O)=O. The molecule has 10 nitrogen and oxygen atoms in total. The summed E-state index contributed by atoms with van der Waals surface area (Å²) in [6.45, 7) is -0.730. The molecule has 0 unspecified atom stereocenters. The molecule has 2 aromatic carbocycles. The van der Waals surface area contributed by atoms with Gasteiger partial charge in [-0.2, -0.15) is 0 Å². The molecular formula is C20H19FN2O8S. The first-order chi connectivity index (χ1) is 15.1. The van der Waals surface area contributed by atoms with Crippen LogP contribution in [0.3, 0.4) is 0 Å². The zero-order valence-electron chi connectivity index (χ0n) is 17.0. The molecule has 0 aliphatic carbocycles. The highest BCUT2D eigenvalue weighted by molar-refractivity contribution is 7.92. The van der Waals surface area contributed by atoms with E-state index in [1.807, 2.05) is 0 Å². The lowest BCUT2D eigenvalue weighted by Crippen LogP contribution is -2.32. The lowest BCUT2D eigenvalue weighted by Gasteiger charge is -2.23. The van der Waals surface area contributed by atoms with E-state index < -0.39 is 34.5 Å². The van der Waals surface area contributed by atoms with E-state index >= 15 is 0 Å². The Balaban J connectivity index is 2.33. The number of aliphatic hydroxyl groups is 1. The molecule has 1 amide bonds. The lowest BCUT2D eigenvalue weighted by atomic mass is 10.0. The molecule has 1 heterocycles. The van der Waals surface area contributed by atoms with E-state index in [0.29, 0.717) is 0 Å². The standard InChI is InChI=1S/C20H19FN2O8S/c1-29-16-9-13-15(10-14(16)23(7-8-24)32(2,27)28)30-18(11-3-5-12(21)6-4-11)17(13)19(25)31-20(22)26/h3-6,9-10,24H,7-8H2,1-2H3,(H2,22,26). The molecule has 170 valence electrons. The van der Waals surface area contributed by atoms with E-state index in [-0.39, 0.29) is 45.8 Å². The van der Waals surface area contributed by atoms with E-state index in [4.69, 9.17) is 14.9 Å². The number of esters is 1. The summed E-state index contributed by atoms with van der Waals surface area (Å²) >= 11 is 0. The topological polar surface area (TPSA) is 149 Å². The van der Waals surface area contributed by atoms with Crippen LogP contribution in [0.4, 0.5) is 14.9 Å². The van der Waals surface area contributed by atoms with Gasteiger partial charge >= 0.3 is 12.1 Å². The minimum atomic E-state index is -3.82. The molecule has 3 aromatic rings. The summed E-state index contributed by atoms with van der Waals surface area (Å²) in [5, 5.41) is 9.44. The van der Waals surface area contributed by atoms with Crippen LogP contribution in [0, 0.1) is 5.82 Å². The molecule has 0 aliphatic rings. The number of furan rings is 1. The molecule has 12 heteroatoms. The number of primary amides is 1. The fourth-order valence-corrected chi connectivity index (χ4v) is 4.09. The number of nitrogens with two attached hydrogens (primary N) is 1. The molecule has 0 saturated carbocycles. The van der Waals surface area contributed by atoms with Gasteiger partial charge in [0.15, 0.2) is 0 Å². The first-order valence-electron chi connectivity index (χ1n) is 9.07. The highest BCUT2D eigenvalue weighted by Crippen LogP contribution is 2.41. The Morgan fingerprint density at radius 2 is 1.88 bits per heavy atom. The van der Waals surface area contributed by atoms with Crippen molar-refractivity contribution in [3.8, 4) is 17.1 Å². The fourth-order valence-electron chi connectivity index (χ4n) is 3.18. The number of hydrogen-bond acceptors (Lipinski definition) is 8. The average Bonchev–Trinajstić information content (AvgIpc) is 3.08. The maximum atomic E-state index is 13.4. The minimum Gasteiger partial charge on any atom is -0.495 e. The van der Waals surface area contributed by atoms with Crippen LogP contribution in [-0.2, 0) is 14.8 Å². The average molecular weight is 466 g/mol. The summed E-state index contributed by atoms with van der Waals surface area (Å²) < 4.78 is 54.4. The molecule has 0 atom stereocenters. The second kappa shape index (κ2) is 8.85. The number of carbonyl (C=O) groups is 2. The zero-order chi connectivity index (χ0) is 23.6. The van der Waals surface area contributed by atoms with Gasteiger partial charge in [-0.15, -0.1) is 0 Å². The molecule has 3 rings (SSSR count). The third-order valence-corrected chi connectivity index (χ3v) is 5.65. The highest BCUT2D eigenvalue weighted by atomic mass is 32.2. The number of halogens is 1. The molecule has 0 saturated heterocycles. The predicted octanol–water partition coefficient (Wildman–Crippen LogP) is 2.24. The molecule has 1 aromatic heterocycles. The number of nitrogens with zero attached hydrogens (tertiary/aromatic N) is 1. The lowest BCUT2D eigenvalue weighted by molar-refractivity contribution is 0.0640. The van der Waals surface area contributed by atoms with Crippen molar-refractivity contribution in [1.29, 1.82) is 0 Å². The smallest absolute Gasteiger partial charge is 0.412 e. The number of ether oxygens (including phenoxy) is 2. The summed E-state index contributed by atoms with van der Waals surface area (Å²) in [6, 6.07) is 7.61. The van der Waals surface area contributed by atoms with Crippen LogP contribution in [0.25, 0.3) is 22.3 Å². The number of aliphatic hydroxyl groups excluding tert-OH is 1. The Bertz CT molecular complexity index is 1290. The fraction of sp³-hybridized carbons (Fsp3) is 0.200. The maximum Gasteiger partial charge on any atom is 0.412 e. The van der Waals surface area contributed by atoms with Gasteiger partial charge in [-0.1, -0.05) is 0 Å². The quantitative estimate of drug-likeness (QED) is 0.398. The van der Waals surface area contributed by atoms with Crippen molar-refractivity contribution < 1.29 is 41.4 Å². The summed E-state index contributed by atoms with van der Waals surface area (Å²) in [6.07, 6.45) is -0.391. The van der Waals surface area contributed by atoms with E-state index in [1.54, 1.807) is 0 Å². The van der Waals surface area contributed by atoms with E-state index in [1.165, 1.54) is 31.4 Å². The first kappa shape index (κ1) is 23.0. The Hall–Kier alpha value is -3.64. The number of methoxy groups -OCH3 is 1. The largest absolute Gasteiger partial charge is 0.495 e. The molecule has 0 bridgehead atoms. The normalized spacial score (nSPS) is 11.4. The van der Waals surface area contributed by atoms with Crippen molar-refractivity contribution in [2.75, 3.05) is 30.8 Å². The molecule has 0 aliphatic heterocycles. The van der Waals surface area contributed by atoms with Crippen molar-refractivity contribution in [2.45, 2.75) is 0 Å². The number of hydrogen-bond donors (Lipinski definition) is 2. The van der Waals surface area contributed by atoms with Gasteiger partial charge in [0.1, 0.15) is 28.5 Å². The minimum absolute atomic E-state index is 0.0379. The first-order valence-corrected chi connectivity index (χ1v) is 10.9. The monoisotopic (exact) mass is 466 g/mol. The summed E-state index contributed by atoms with van der Waals surface area (Å²) in [4.78, 5) is 23.8. The van der Waals surface area contributed by atoms with Gasteiger partial charge in [-0.05, 0) is 30.3 Å². The number of benzene rings is 2. The second-order valence-electron chi connectivity index (χ2n) is 6.60. The van der Waals surface area contributed by atoms with Gasteiger partial charge in [-0.25, -0.2) is 22.4 Å². The van der Waals surface area contributed by atoms with Crippen molar-refractivity contribution in [3.05, 3.63) is 47.8 Å². The third-order valence-electron chi connectivity index (χ3n) is 4.47. The summed E-state index contributed by atoms with van der Waals surface area (Å²) in [5.41, 5.74) is 5.16. The molecule has 0 fully saturated rings. The molecule has 3 N–H and O–H groups in total. The van der Waals surface area contributed by atoms with E-state index in [2.05, 4.69) is 4.74 Å². The molecule has 32 heavy (non-hydrogen) atoms. The van der Waals surface area contributed by atoms with E-state index in [0.717, 1.165) is 22.7 Å². The predicted molar refractivity (Wildman–Crippen MR) is 112 cm³/mol. The molecule has 0 spiro atoms. The Morgan fingerprint density at radius 1 is 1.22 bits per heavy atom. The van der Waals surface area contributed by atoms with Crippen molar-refractivity contribution >= 4 is 38.7 Å². The second-order valence-corrected chi connectivity index (χ2v) is 8.51. The Kier molecular flexibility index (Phi) is 6.37. The van der Waals surface area contributed by atoms with Crippen molar-refractivity contribution in [2.24, 2.45) is 5.73 Å². The number of amides is 1. The van der Waals surface area contributed by atoms with Gasteiger partial charge in [0.25, 0.3) is 0 Å². The Labute approximate surface area is 182 Å².